The first kappa shape index (κ1) is 37.6. The highest BCUT2D eigenvalue weighted by atomic mass is 16.7. The lowest BCUT2D eigenvalue weighted by Crippen LogP contribution is -2.60. The highest BCUT2D eigenvalue weighted by Crippen LogP contribution is 2.41. The summed E-state index contributed by atoms with van der Waals surface area (Å²) in [5.41, 5.74) is 1.22. The van der Waals surface area contributed by atoms with Crippen LogP contribution in [-0.2, 0) is 16.1 Å². The Morgan fingerprint density at radius 1 is 0.939 bits per heavy atom. The molecule has 2 aromatic carbocycles. The Balaban J connectivity index is 1.45. The summed E-state index contributed by atoms with van der Waals surface area (Å²) in [5, 5.41) is 53.5. The minimum atomic E-state index is -1.65. The molecule has 1 amide bonds. The summed E-state index contributed by atoms with van der Waals surface area (Å²) in [7, 11) is 2.73. The number of anilines is 1. The van der Waals surface area contributed by atoms with Crippen LogP contribution in [0.25, 0.3) is 17.0 Å². The molecular weight excluding hydrogens is 640 g/mol. The van der Waals surface area contributed by atoms with Gasteiger partial charge in [-0.15, -0.1) is 0 Å². The standard InChI is InChI=1S/C35H46N2O12/c1-4-5-6-7-8-9-14-47-32-23(18-38)22-12-11-21(17-24(22)37-34(32)44)36-28(40)13-10-20-15-25(45-2)33(26(16-20)46-3)49-35-31(43)30(42)29(41)27(19-39)48-35/h10-13,15-17,27,29-31,35,38-39,41-43H,4-9,14,18-19H2,1-3H3,(H,36,40)(H,37,44)/b13-10+/t27-,29+,30+,31-,35+/m1/s1. The number of ether oxygens (including phenoxy) is 5. The first-order valence-corrected chi connectivity index (χ1v) is 16.3. The number of rotatable bonds is 17. The first-order valence-electron chi connectivity index (χ1n) is 16.3. The molecule has 1 fully saturated rings. The van der Waals surface area contributed by atoms with Gasteiger partial charge < -0.3 is 59.5 Å². The van der Waals surface area contributed by atoms with E-state index in [4.69, 9.17) is 23.7 Å². The largest absolute Gasteiger partial charge is 0.493 e. The predicted molar refractivity (Wildman–Crippen MR) is 181 cm³/mol. The molecule has 0 bridgehead atoms. The SMILES string of the molecule is CCCCCCCCOc1c(CO)c2ccc(NC(=O)/C=C/c3cc(OC)c(O[C@@H]4O[C@H](CO)[C@H](O)[C@H](O)[C@H]4O)c(OC)c3)cc2[nH]c1=O. The lowest BCUT2D eigenvalue weighted by atomic mass is 9.99. The number of aliphatic hydroxyl groups is 5. The van der Waals surface area contributed by atoms with Crippen molar-refractivity contribution in [1.29, 1.82) is 0 Å². The molecule has 7 N–H and O–H groups in total. The van der Waals surface area contributed by atoms with Crippen molar-refractivity contribution in [3.8, 4) is 23.0 Å². The number of benzene rings is 2. The molecule has 0 radical (unpaired) electrons. The summed E-state index contributed by atoms with van der Waals surface area (Å²) in [6.07, 6.45) is 1.75. The number of carbonyl (C=O) groups is 1. The molecule has 0 unspecified atom stereocenters. The van der Waals surface area contributed by atoms with Crippen LogP contribution < -0.4 is 29.8 Å². The number of unbranched alkanes of at least 4 members (excludes halogenated alkanes) is 5. The van der Waals surface area contributed by atoms with E-state index in [-0.39, 0.29) is 29.6 Å². The maximum absolute atomic E-state index is 12.9. The smallest absolute Gasteiger partial charge is 0.291 e. The van der Waals surface area contributed by atoms with Gasteiger partial charge in [0.1, 0.15) is 24.4 Å². The monoisotopic (exact) mass is 686 g/mol. The number of aromatic amines is 1. The Kier molecular flexibility index (Phi) is 13.8. The number of hydrogen-bond acceptors (Lipinski definition) is 12. The van der Waals surface area contributed by atoms with E-state index in [0.717, 1.165) is 19.3 Å². The van der Waals surface area contributed by atoms with Crippen LogP contribution in [0.5, 0.6) is 23.0 Å². The fraction of sp³-hybridized carbons (Fsp3) is 0.486. The van der Waals surface area contributed by atoms with E-state index in [0.29, 0.717) is 34.3 Å². The summed E-state index contributed by atoms with van der Waals surface area (Å²) in [5.74, 6) is -0.0877. The van der Waals surface area contributed by atoms with Gasteiger partial charge in [-0.1, -0.05) is 45.1 Å². The second-order valence-corrected chi connectivity index (χ2v) is 11.7. The molecule has 0 aliphatic carbocycles. The van der Waals surface area contributed by atoms with Crippen molar-refractivity contribution in [2.75, 3.05) is 32.8 Å². The van der Waals surface area contributed by atoms with E-state index in [1.807, 2.05) is 0 Å². The van der Waals surface area contributed by atoms with E-state index in [1.54, 1.807) is 18.2 Å². The quantitative estimate of drug-likeness (QED) is 0.0808. The zero-order chi connectivity index (χ0) is 35.5. The molecule has 4 rings (SSSR count). The first-order chi connectivity index (χ1) is 23.6. The Hall–Kier alpha value is -4.18. The van der Waals surface area contributed by atoms with Crippen LogP contribution in [0.4, 0.5) is 5.69 Å². The Bertz CT molecular complexity index is 1610. The van der Waals surface area contributed by atoms with Crippen molar-refractivity contribution in [3.63, 3.8) is 0 Å². The molecule has 0 spiro atoms. The topological polar surface area (TPSA) is 209 Å². The normalized spacial score (nSPS) is 20.8. The molecule has 0 saturated carbocycles. The molecule has 14 nitrogen and oxygen atoms in total. The van der Waals surface area contributed by atoms with E-state index in [9.17, 15) is 35.1 Å². The second kappa shape index (κ2) is 18.0. The Morgan fingerprint density at radius 2 is 1.63 bits per heavy atom. The van der Waals surface area contributed by atoms with Crippen LogP contribution in [0.3, 0.4) is 0 Å². The van der Waals surface area contributed by atoms with E-state index in [1.165, 1.54) is 57.8 Å². The van der Waals surface area contributed by atoms with E-state index in [2.05, 4.69) is 17.2 Å². The third kappa shape index (κ3) is 9.29. The number of aliphatic hydroxyl groups excluding tert-OH is 5. The average Bonchev–Trinajstić information content (AvgIpc) is 3.10. The van der Waals surface area contributed by atoms with Gasteiger partial charge in [0.25, 0.3) is 5.56 Å². The highest BCUT2D eigenvalue weighted by molar-refractivity contribution is 6.03. The number of hydrogen-bond donors (Lipinski definition) is 7. The number of pyridine rings is 1. The van der Waals surface area contributed by atoms with Crippen LogP contribution in [0, 0.1) is 0 Å². The maximum atomic E-state index is 12.9. The molecule has 1 aliphatic heterocycles. The van der Waals surface area contributed by atoms with Crippen molar-refractivity contribution in [3.05, 3.63) is 57.9 Å². The van der Waals surface area contributed by atoms with Crippen LogP contribution >= 0.6 is 0 Å². The van der Waals surface area contributed by atoms with Crippen LogP contribution in [0.2, 0.25) is 0 Å². The number of aromatic nitrogens is 1. The summed E-state index contributed by atoms with van der Waals surface area (Å²) >= 11 is 0. The number of nitrogens with one attached hydrogen (secondary N) is 2. The van der Waals surface area contributed by atoms with Crippen LogP contribution in [0.15, 0.2) is 41.2 Å². The summed E-state index contributed by atoms with van der Waals surface area (Å²) in [4.78, 5) is 28.5. The van der Waals surface area contributed by atoms with Gasteiger partial charge in [0.05, 0.1) is 39.6 Å². The molecule has 268 valence electrons. The van der Waals surface area contributed by atoms with Crippen molar-refractivity contribution >= 4 is 28.6 Å². The third-order valence-corrected chi connectivity index (χ3v) is 8.24. The van der Waals surface area contributed by atoms with Crippen molar-refractivity contribution in [1.82, 2.24) is 4.98 Å². The van der Waals surface area contributed by atoms with Gasteiger partial charge in [-0.2, -0.15) is 0 Å². The molecule has 1 aliphatic rings. The van der Waals surface area contributed by atoms with Gasteiger partial charge in [-0.25, -0.2) is 0 Å². The molecule has 14 heteroatoms. The molecule has 49 heavy (non-hydrogen) atoms. The van der Waals surface area contributed by atoms with Gasteiger partial charge in [-0.3, -0.25) is 9.59 Å². The zero-order valence-electron chi connectivity index (χ0n) is 27.9. The third-order valence-electron chi connectivity index (χ3n) is 8.24. The molecule has 3 aromatic rings. The van der Waals surface area contributed by atoms with Gasteiger partial charge in [0.2, 0.25) is 17.9 Å². The molecule has 1 saturated heterocycles. The number of carbonyl (C=O) groups excluding carboxylic acids is 1. The van der Waals surface area contributed by atoms with Gasteiger partial charge in [0, 0.05) is 22.7 Å². The fourth-order valence-corrected chi connectivity index (χ4v) is 5.54. The molecule has 5 atom stereocenters. The van der Waals surface area contributed by atoms with Crippen molar-refractivity contribution in [2.45, 2.75) is 82.8 Å². The molecule has 1 aromatic heterocycles. The van der Waals surface area contributed by atoms with E-state index < -0.39 is 48.8 Å². The fourth-order valence-electron chi connectivity index (χ4n) is 5.54. The highest BCUT2D eigenvalue weighted by Gasteiger charge is 2.45. The lowest BCUT2D eigenvalue weighted by molar-refractivity contribution is -0.277. The zero-order valence-corrected chi connectivity index (χ0v) is 27.9. The number of H-pyrrole nitrogens is 1. The number of amides is 1. The minimum absolute atomic E-state index is 0.0132. The maximum Gasteiger partial charge on any atom is 0.291 e. The van der Waals surface area contributed by atoms with Crippen molar-refractivity contribution in [2.24, 2.45) is 0 Å². The lowest BCUT2D eigenvalue weighted by Gasteiger charge is -2.39. The van der Waals surface area contributed by atoms with Crippen LogP contribution in [-0.4, -0.2) is 94.6 Å². The minimum Gasteiger partial charge on any atom is -0.493 e. The number of fused-ring (bicyclic) bond motifs is 1. The summed E-state index contributed by atoms with van der Waals surface area (Å²) in [6, 6.07) is 8.01. The van der Waals surface area contributed by atoms with Gasteiger partial charge >= 0.3 is 0 Å². The second-order valence-electron chi connectivity index (χ2n) is 11.7. The van der Waals surface area contributed by atoms with Crippen LogP contribution in [0.1, 0.15) is 56.6 Å². The number of methoxy groups -OCH3 is 2. The average molecular weight is 687 g/mol. The molecular formula is C35H46N2O12. The Morgan fingerprint density at radius 3 is 2.29 bits per heavy atom. The Labute approximate surface area is 283 Å². The van der Waals surface area contributed by atoms with Crippen molar-refractivity contribution < 1.29 is 54.0 Å². The van der Waals surface area contributed by atoms with Gasteiger partial charge in [-0.05, 0) is 42.3 Å². The predicted octanol–water partition coefficient (Wildman–Crippen LogP) is 2.61. The summed E-state index contributed by atoms with van der Waals surface area (Å²) < 4.78 is 27.9. The van der Waals surface area contributed by atoms with E-state index >= 15 is 0 Å². The summed E-state index contributed by atoms with van der Waals surface area (Å²) in [6.45, 7) is 1.52. The molecule has 2 heterocycles. The van der Waals surface area contributed by atoms with Gasteiger partial charge in [0.15, 0.2) is 17.2 Å².